The molecule has 0 spiro atoms. The predicted octanol–water partition coefficient (Wildman–Crippen LogP) is 3.91. The third kappa shape index (κ3) is 3.27. The summed E-state index contributed by atoms with van der Waals surface area (Å²) in [6.07, 6.45) is 1.36. The van der Waals surface area contributed by atoms with Crippen molar-refractivity contribution in [2.45, 2.75) is 0 Å². The summed E-state index contributed by atoms with van der Waals surface area (Å²) < 4.78 is 5.58. The first-order chi connectivity index (χ1) is 10.1. The third-order valence-corrected chi connectivity index (χ3v) is 3.54. The minimum Gasteiger partial charge on any atom is -0.457 e. The number of nitriles is 1. The monoisotopic (exact) mass is 320 g/mol. The number of amides is 1. The lowest BCUT2D eigenvalue weighted by Gasteiger charge is -2.02. The van der Waals surface area contributed by atoms with Gasteiger partial charge in [0.25, 0.3) is 5.91 Å². The van der Waals surface area contributed by atoms with Gasteiger partial charge in [-0.2, -0.15) is 5.26 Å². The number of halogens is 2. The summed E-state index contributed by atoms with van der Waals surface area (Å²) in [5.74, 6) is 0.403. The molecule has 0 radical (unpaired) electrons. The highest BCUT2D eigenvalue weighted by Crippen LogP contribution is 2.34. The highest BCUT2D eigenvalue weighted by molar-refractivity contribution is 6.43. The average molecular weight is 321 g/mol. The fraction of sp³-hybridized carbons (Fsp3) is 0.0667. The maximum atomic E-state index is 11.4. The Morgan fingerprint density at radius 2 is 2.10 bits per heavy atom. The number of hydrogen-bond donors (Lipinski definition) is 1. The first-order valence-corrected chi connectivity index (χ1v) is 6.70. The zero-order valence-electron chi connectivity index (χ0n) is 11.0. The third-order valence-electron chi connectivity index (χ3n) is 2.72. The van der Waals surface area contributed by atoms with Gasteiger partial charge in [0.15, 0.2) is 0 Å². The molecule has 0 unspecified atom stereocenters. The Labute approximate surface area is 131 Å². The van der Waals surface area contributed by atoms with Gasteiger partial charge in [0, 0.05) is 18.7 Å². The normalized spacial score (nSPS) is 11.0. The summed E-state index contributed by atoms with van der Waals surface area (Å²) in [4.78, 5) is 11.4. The summed E-state index contributed by atoms with van der Waals surface area (Å²) in [7, 11) is 1.45. The molecule has 0 aliphatic rings. The van der Waals surface area contributed by atoms with Crippen LogP contribution in [0.25, 0.3) is 17.4 Å². The van der Waals surface area contributed by atoms with Crippen molar-refractivity contribution in [1.82, 2.24) is 5.32 Å². The zero-order chi connectivity index (χ0) is 15.4. The van der Waals surface area contributed by atoms with Crippen LogP contribution in [-0.2, 0) is 4.79 Å². The minimum atomic E-state index is -0.476. The Bertz CT molecular complexity index is 757. The molecule has 1 aromatic carbocycles. The fourth-order valence-electron chi connectivity index (χ4n) is 1.69. The van der Waals surface area contributed by atoms with E-state index in [0.29, 0.717) is 27.1 Å². The highest BCUT2D eigenvalue weighted by atomic mass is 35.5. The Balaban J connectivity index is 2.39. The molecule has 2 rings (SSSR count). The molecule has 21 heavy (non-hydrogen) atoms. The summed E-state index contributed by atoms with van der Waals surface area (Å²) in [5.41, 5.74) is 0.595. The lowest BCUT2D eigenvalue weighted by molar-refractivity contribution is -0.116. The molecule has 0 aliphatic carbocycles. The number of carbonyl (C=O) groups excluding carboxylic acids is 1. The van der Waals surface area contributed by atoms with Crippen LogP contribution in [0.1, 0.15) is 5.76 Å². The van der Waals surface area contributed by atoms with Crippen LogP contribution in [0.3, 0.4) is 0 Å². The van der Waals surface area contributed by atoms with Gasteiger partial charge in [-0.05, 0) is 24.3 Å². The predicted molar refractivity (Wildman–Crippen MR) is 81.8 cm³/mol. The first-order valence-electron chi connectivity index (χ1n) is 5.95. The second-order valence-corrected chi connectivity index (χ2v) is 4.84. The molecular formula is C15H10Cl2N2O2. The number of nitrogens with zero attached hydrogens (tertiary/aromatic N) is 1. The van der Waals surface area contributed by atoms with Crippen LogP contribution in [0.2, 0.25) is 10.0 Å². The van der Waals surface area contributed by atoms with Crippen LogP contribution in [-0.4, -0.2) is 13.0 Å². The van der Waals surface area contributed by atoms with Crippen LogP contribution < -0.4 is 5.32 Å². The molecule has 1 aromatic heterocycles. The van der Waals surface area contributed by atoms with Crippen LogP contribution in [0.15, 0.2) is 40.3 Å². The molecule has 106 valence electrons. The topological polar surface area (TPSA) is 66.0 Å². The number of likely N-dealkylation sites (N-methyl/N-ethyl adjacent to an activating group) is 1. The number of carbonyl (C=O) groups is 1. The summed E-state index contributed by atoms with van der Waals surface area (Å²) in [6, 6.07) is 10.4. The summed E-state index contributed by atoms with van der Waals surface area (Å²) in [6.45, 7) is 0. The Morgan fingerprint density at radius 3 is 2.76 bits per heavy atom. The van der Waals surface area contributed by atoms with Crippen molar-refractivity contribution >= 4 is 35.2 Å². The van der Waals surface area contributed by atoms with Gasteiger partial charge in [-0.25, -0.2) is 0 Å². The SMILES string of the molecule is CNC(=O)C(C#N)=Cc1ccc(-c2cccc(Cl)c2Cl)o1. The number of hydrogen-bond acceptors (Lipinski definition) is 3. The van der Waals surface area contributed by atoms with Crippen LogP contribution >= 0.6 is 23.2 Å². The molecule has 2 aromatic rings. The van der Waals surface area contributed by atoms with Crippen molar-refractivity contribution in [3.05, 3.63) is 51.7 Å². The maximum absolute atomic E-state index is 11.4. The van der Waals surface area contributed by atoms with E-state index in [4.69, 9.17) is 32.9 Å². The summed E-state index contributed by atoms with van der Waals surface area (Å²) >= 11 is 12.1. The molecule has 1 amide bonds. The van der Waals surface area contributed by atoms with Crippen molar-refractivity contribution in [3.8, 4) is 17.4 Å². The fourth-order valence-corrected chi connectivity index (χ4v) is 2.09. The first kappa shape index (κ1) is 15.2. The number of furan rings is 1. The molecule has 0 fully saturated rings. The maximum Gasteiger partial charge on any atom is 0.261 e. The van der Waals surface area contributed by atoms with E-state index in [1.54, 1.807) is 30.3 Å². The largest absolute Gasteiger partial charge is 0.457 e. The molecule has 1 heterocycles. The lowest BCUT2D eigenvalue weighted by atomic mass is 10.2. The van der Waals surface area contributed by atoms with Crippen LogP contribution in [0.4, 0.5) is 0 Å². The van der Waals surface area contributed by atoms with Gasteiger partial charge in [-0.1, -0.05) is 29.3 Å². The number of rotatable bonds is 3. The molecule has 0 bridgehead atoms. The molecule has 0 atom stereocenters. The number of nitrogens with one attached hydrogen (secondary N) is 1. The molecule has 1 N–H and O–H groups in total. The van der Waals surface area contributed by atoms with E-state index in [0.717, 1.165) is 0 Å². The van der Waals surface area contributed by atoms with Crippen molar-refractivity contribution in [3.63, 3.8) is 0 Å². The van der Waals surface area contributed by atoms with E-state index in [9.17, 15) is 4.79 Å². The van der Waals surface area contributed by atoms with Gasteiger partial charge < -0.3 is 9.73 Å². The Kier molecular flexibility index (Phi) is 4.69. The van der Waals surface area contributed by atoms with Crippen LogP contribution in [0.5, 0.6) is 0 Å². The van der Waals surface area contributed by atoms with Crippen molar-refractivity contribution < 1.29 is 9.21 Å². The van der Waals surface area contributed by atoms with Crippen molar-refractivity contribution in [1.29, 1.82) is 5.26 Å². The Hall–Kier alpha value is -2.22. The molecule has 0 aliphatic heterocycles. The van der Waals surface area contributed by atoms with Gasteiger partial charge in [0.05, 0.1) is 10.0 Å². The van der Waals surface area contributed by atoms with E-state index >= 15 is 0 Å². The second-order valence-electron chi connectivity index (χ2n) is 4.05. The summed E-state index contributed by atoms with van der Waals surface area (Å²) in [5, 5.41) is 12.1. The zero-order valence-corrected chi connectivity index (χ0v) is 12.5. The van der Waals surface area contributed by atoms with E-state index in [1.807, 2.05) is 6.07 Å². The van der Waals surface area contributed by atoms with Gasteiger partial charge in [-0.3, -0.25) is 4.79 Å². The van der Waals surface area contributed by atoms with Crippen LogP contribution in [0, 0.1) is 11.3 Å². The lowest BCUT2D eigenvalue weighted by Crippen LogP contribution is -2.18. The minimum absolute atomic E-state index is 0.0457. The van der Waals surface area contributed by atoms with Crippen molar-refractivity contribution in [2.24, 2.45) is 0 Å². The van der Waals surface area contributed by atoms with Crippen molar-refractivity contribution in [2.75, 3.05) is 7.05 Å². The Morgan fingerprint density at radius 1 is 1.33 bits per heavy atom. The molecule has 0 saturated carbocycles. The van der Waals surface area contributed by atoms with Gasteiger partial charge >= 0.3 is 0 Å². The average Bonchev–Trinajstić information content (AvgIpc) is 2.95. The quantitative estimate of drug-likeness (QED) is 0.688. The molecule has 4 nitrogen and oxygen atoms in total. The highest BCUT2D eigenvalue weighted by Gasteiger charge is 2.12. The van der Waals surface area contributed by atoms with Gasteiger partial charge in [0.1, 0.15) is 23.2 Å². The molecule has 0 saturated heterocycles. The van der Waals surface area contributed by atoms with Gasteiger partial charge in [0.2, 0.25) is 0 Å². The number of benzene rings is 1. The van der Waals surface area contributed by atoms with E-state index in [2.05, 4.69) is 5.32 Å². The molecule has 6 heteroatoms. The standard InChI is InChI=1S/C15H10Cl2N2O2/c1-19-15(20)9(8-18)7-10-5-6-13(21-10)11-3-2-4-12(16)14(11)17/h2-7H,1H3,(H,19,20). The second kappa shape index (κ2) is 6.49. The van der Waals surface area contributed by atoms with E-state index < -0.39 is 5.91 Å². The van der Waals surface area contributed by atoms with E-state index in [-0.39, 0.29) is 5.57 Å². The molecular weight excluding hydrogens is 311 g/mol. The smallest absolute Gasteiger partial charge is 0.261 e. The van der Waals surface area contributed by atoms with Gasteiger partial charge in [-0.15, -0.1) is 0 Å². The van der Waals surface area contributed by atoms with E-state index in [1.165, 1.54) is 13.1 Å².